The van der Waals surface area contributed by atoms with Gasteiger partial charge in [0.1, 0.15) is 0 Å². The van der Waals surface area contributed by atoms with Crippen LogP contribution in [0.15, 0.2) is 12.5 Å². The van der Waals surface area contributed by atoms with E-state index in [0.717, 1.165) is 12.1 Å². The molecule has 3 atom stereocenters. The lowest BCUT2D eigenvalue weighted by molar-refractivity contribution is -0.123. The van der Waals surface area contributed by atoms with Gasteiger partial charge in [0.25, 0.3) is 0 Å². The fourth-order valence-electron chi connectivity index (χ4n) is 2.55. The van der Waals surface area contributed by atoms with Gasteiger partial charge < -0.3 is 16.0 Å². The van der Waals surface area contributed by atoms with Gasteiger partial charge in [0.05, 0.1) is 12.4 Å². The molecule has 0 bridgehead atoms. The predicted octanol–water partition coefficient (Wildman–Crippen LogP) is 0.974. The van der Waals surface area contributed by atoms with Crippen molar-refractivity contribution in [3.8, 4) is 0 Å². The Morgan fingerprint density at radius 3 is 3.06 bits per heavy atom. The standard InChI is InChI=1S/C13H22N4O/c1-9-4-2-3-5-12(9)17-13(18)11(14)6-10-7-15-8-16-10/h7-9,11-12H,2-6,14H2,1H3,(H,15,16)(H,17,18). The molecule has 4 N–H and O–H groups in total. The van der Waals surface area contributed by atoms with Crippen LogP contribution in [0, 0.1) is 5.92 Å². The lowest BCUT2D eigenvalue weighted by Crippen LogP contribution is -2.49. The van der Waals surface area contributed by atoms with Crippen LogP contribution in [0.3, 0.4) is 0 Å². The summed E-state index contributed by atoms with van der Waals surface area (Å²) < 4.78 is 0. The molecule has 1 amide bonds. The number of hydrogen-bond acceptors (Lipinski definition) is 3. The van der Waals surface area contributed by atoms with Crippen LogP contribution in [-0.4, -0.2) is 28.0 Å². The lowest BCUT2D eigenvalue weighted by atomic mass is 9.86. The molecule has 1 fully saturated rings. The number of H-pyrrole nitrogens is 1. The third-order valence-electron chi connectivity index (χ3n) is 3.77. The topological polar surface area (TPSA) is 83.8 Å². The Hall–Kier alpha value is -1.36. The van der Waals surface area contributed by atoms with E-state index in [1.807, 2.05) is 0 Å². The maximum absolute atomic E-state index is 12.0. The minimum atomic E-state index is -0.500. The third-order valence-corrected chi connectivity index (χ3v) is 3.77. The van der Waals surface area contributed by atoms with Crippen LogP contribution in [0.1, 0.15) is 38.3 Å². The maximum Gasteiger partial charge on any atom is 0.237 e. The van der Waals surface area contributed by atoms with Crippen LogP contribution in [0.25, 0.3) is 0 Å². The Morgan fingerprint density at radius 1 is 1.61 bits per heavy atom. The summed E-state index contributed by atoms with van der Waals surface area (Å²) >= 11 is 0. The number of aromatic amines is 1. The van der Waals surface area contributed by atoms with Crippen LogP contribution >= 0.6 is 0 Å². The molecule has 5 nitrogen and oxygen atoms in total. The summed E-state index contributed by atoms with van der Waals surface area (Å²) in [6.45, 7) is 2.20. The fourth-order valence-corrected chi connectivity index (χ4v) is 2.55. The maximum atomic E-state index is 12.0. The van der Waals surface area contributed by atoms with E-state index in [1.54, 1.807) is 12.5 Å². The number of carbonyl (C=O) groups is 1. The molecule has 0 radical (unpaired) electrons. The van der Waals surface area contributed by atoms with Gasteiger partial charge in [-0.3, -0.25) is 4.79 Å². The molecule has 0 spiro atoms. The normalized spacial score (nSPS) is 25.7. The van der Waals surface area contributed by atoms with Crippen molar-refractivity contribution < 1.29 is 4.79 Å². The van der Waals surface area contributed by atoms with Gasteiger partial charge in [0.2, 0.25) is 5.91 Å². The van der Waals surface area contributed by atoms with Gasteiger partial charge in [-0.1, -0.05) is 19.8 Å². The fraction of sp³-hybridized carbons (Fsp3) is 0.692. The lowest BCUT2D eigenvalue weighted by Gasteiger charge is -2.30. The molecular formula is C13H22N4O. The van der Waals surface area contributed by atoms with Crippen molar-refractivity contribution in [3.05, 3.63) is 18.2 Å². The van der Waals surface area contributed by atoms with Crippen molar-refractivity contribution >= 4 is 5.91 Å². The molecule has 2 rings (SSSR count). The van der Waals surface area contributed by atoms with Crippen LogP contribution < -0.4 is 11.1 Å². The molecule has 1 aromatic heterocycles. The van der Waals surface area contributed by atoms with E-state index >= 15 is 0 Å². The van der Waals surface area contributed by atoms with Crippen molar-refractivity contribution in [1.29, 1.82) is 0 Å². The molecule has 1 heterocycles. The summed E-state index contributed by atoms with van der Waals surface area (Å²) in [5, 5.41) is 3.08. The van der Waals surface area contributed by atoms with Crippen LogP contribution in [0.4, 0.5) is 0 Å². The zero-order valence-corrected chi connectivity index (χ0v) is 10.9. The minimum Gasteiger partial charge on any atom is -0.352 e. The first kappa shape index (κ1) is 13.1. The molecule has 1 aliphatic carbocycles. The van der Waals surface area contributed by atoms with E-state index in [2.05, 4.69) is 22.2 Å². The average molecular weight is 250 g/mol. The molecule has 1 aromatic rings. The number of amides is 1. The second-order valence-corrected chi connectivity index (χ2v) is 5.26. The molecular weight excluding hydrogens is 228 g/mol. The predicted molar refractivity (Wildman–Crippen MR) is 69.8 cm³/mol. The molecule has 100 valence electrons. The number of carbonyl (C=O) groups excluding carboxylic acids is 1. The summed E-state index contributed by atoms with van der Waals surface area (Å²) in [6.07, 6.45) is 8.55. The molecule has 5 heteroatoms. The van der Waals surface area contributed by atoms with Gasteiger partial charge >= 0.3 is 0 Å². The molecule has 0 aromatic carbocycles. The number of nitrogens with zero attached hydrogens (tertiary/aromatic N) is 1. The van der Waals surface area contributed by atoms with Crippen molar-refractivity contribution in [2.45, 2.75) is 51.1 Å². The van der Waals surface area contributed by atoms with Gasteiger partial charge in [0.15, 0.2) is 0 Å². The first-order valence-electron chi connectivity index (χ1n) is 6.70. The number of imidazole rings is 1. The zero-order chi connectivity index (χ0) is 13.0. The molecule has 1 aliphatic rings. The quantitative estimate of drug-likeness (QED) is 0.744. The average Bonchev–Trinajstić information content (AvgIpc) is 2.84. The summed E-state index contributed by atoms with van der Waals surface area (Å²) in [6, 6.07) is -0.210. The van der Waals surface area contributed by atoms with E-state index in [4.69, 9.17) is 5.73 Å². The van der Waals surface area contributed by atoms with Gasteiger partial charge in [0, 0.05) is 24.4 Å². The number of nitrogens with one attached hydrogen (secondary N) is 2. The highest BCUT2D eigenvalue weighted by Gasteiger charge is 2.25. The monoisotopic (exact) mass is 250 g/mol. The Labute approximate surface area is 108 Å². The van der Waals surface area contributed by atoms with E-state index < -0.39 is 6.04 Å². The highest BCUT2D eigenvalue weighted by Crippen LogP contribution is 2.23. The Balaban J connectivity index is 1.83. The highest BCUT2D eigenvalue weighted by atomic mass is 16.2. The van der Waals surface area contributed by atoms with Gasteiger partial charge in [-0.25, -0.2) is 4.98 Å². The molecule has 3 unspecified atom stereocenters. The SMILES string of the molecule is CC1CCCCC1NC(=O)C(N)Cc1cnc[nH]1. The highest BCUT2D eigenvalue weighted by molar-refractivity contribution is 5.82. The Morgan fingerprint density at radius 2 is 2.39 bits per heavy atom. The van der Waals surface area contributed by atoms with Crippen molar-refractivity contribution in [1.82, 2.24) is 15.3 Å². The van der Waals surface area contributed by atoms with Crippen molar-refractivity contribution in [2.75, 3.05) is 0 Å². The van der Waals surface area contributed by atoms with Crippen molar-refractivity contribution in [3.63, 3.8) is 0 Å². The van der Waals surface area contributed by atoms with Crippen LogP contribution in [0.2, 0.25) is 0 Å². The van der Waals surface area contributed by atoms with E-state index in [9.17, 15) is 4.79 Å². The van der Waals surface area contributed by atoms with E-state index in [1.165, 1.54) is 19.3 Å². The summed E-state index contributed by atoms with van der Waals surface area (Å²) in [5.74, 6) is 0.505. The minimum absolute atomic E-state index is 0.0525. The van der Waals surface area contributed by atoms with Gasteiger partial charge in [-0.2, -0.15) is 0 Å². The number of hydrogen-bond donors (Lipinski definition) is 3. The number of rotatable bonds is 4. The second kappa shape index (κ2) is 6.00. The first-order valence-corrected chi connectivity index (χ1v) is 6.70. The molecule has 18 heavy (non-hydrogen) atoms. The molecule has 1 saturated carbocycles. The van der Waals surface area contributed by atoms with Gasteiger partial charge in [-0.15, -0.1) is 0 Å². The van der Waals surface area contributed by atoms with Crippen molar-refractivity contribution in [2.24, 2.45) is 11.7 Å². The molecule has 0 saturated heterocycles. The zero-order valence-electron chi connectivity index (χ0n) is 10.9. The Bertz CT molecular complexity index is 376. The Kier molecular flexibility index (Phi) is 4.36. The number of aromatic nitrogens is 2. The first-order chi connectivity index (χ1) is 8.66. The van der Waals surface area contributed by atoms with E-state index in [-0.39, 0.29) is 5.91 Å². The molecule has 0 aliphatic heterocycles. The van der Waals surface area contributed by atoms with Crippen LogP contribution in [-0.2, 0) is 11.2 Å². The summed E-state index contributed by atoms with van der Waals surface area (Å²) in [4.78, 5) is 18.9. The van der Waals surface area contributed by atoms with Crippen LogP contribution in [0.5, 0.6) is 0 Å². The largest absolute Gasteiger partial charge is 0.352 e. The third kappa shape index (κ3) is 3.32. The smallest absolute Gasteiger partial charge is 0.237 e. The summed E-state index contributed by atoms with van der Waals surface area (Å²) in [5.41, 5.74) is 6.81. The van der Waals surface area contributed by atoms with E-state index in [0.29, 0.717) is 18.4 Å². The summed E-state index contributed by atoms with van der Waals surface area (Å²) in [7, 11) is 0. The second-order valence-electron chi connectivity index (χ2n) is 5.26. The van der Waals surface area contributed by atoms with Gasteiger partial charge in [-0.05, 0) is 18.8 Å². The number of nitrogens with two attached hydrogens (primary N) is 1.